The maximum atomic E-state index is 12.2. The van der Waals surface area contributed by atoms with E-state index in [2.05, 4.69) is 4.74 Å². The van der Waals surface area contributed by atoms with Gasteiger partial charge in [0.25, 0.3) is 5.91 Å². The van der Waals surface area contributed by atoms with Crippen molar-refractivity contribution in [3.05, 3.63) is 24.3 Å². The van der Waals surface area contributed by atoms with Gasteiger partial charge in [-0.2, -0.15) is 13.2 Å². The van der Waals surface area contributed by atoms with Gasteiger partial charge in [0.2, 0.25) is 0 Å². The first kappa shape index (κ1) is 21.9. The Labute approximate surface area is 159 Å². The summed E-state index contributed by atoms with van der Waals surface area (Å²) in [5, 5.41) is 8.72. The van der Waals surface area contributed by atoms with E-state index in [4.69, 9.17) is 9.94 Å². The summed E-state index contributed by atoms with van der Waals surface area (Å²) in [6.45, 7) is -0.504. The lowest BCUT2D eigenvalue weighted by Crippen LogP contribution is -2.49. The maximum absolute atomic E-state index is 12.2. The predicted molar refractivity (Wildman–Crippen MR) is 87.5 cm³/mol. The van der Waals surface area contributed by atoms with Gasteiger partial charge in [-0.3, -0.25) is 19.1 Å². The molecular weight excluding hydrogens is 409 g/mol. The number of benzene rings is 1. The number of alkyl halides is 3. The zero-order valence-corrected chi connectivity index (χ0v) is 15.2. The number of nitrogens with zero attached hydrogens (tertiary/aromatic N) is 1. The van der Waals surface area contributed by atoms with Gasteiger partial charge in [-0.05, 0) is 42.3 Å². The van der Waals surface area contributed by atoms with Crippen molar-refractivity contribution in [2.45, 2.75) is 30.4 Å². The van der Waals surface area contributed by atoms with Crippen LogP contribution >= 0.6 is 0 Å². The van der Waals surface area contributed by atoms with Gasteiger partial charge in [0.15, 0.2) is 6.61 Å². The van der Waals surface area contributed by atoms with Gasteiger partial charge >= 0.3 is 12.3 Å². The van der Waals surface area contributed by atoms with Gasteiger partial charge in [0.1, 0.15) is 16.6 Å². The summed E-state index contributed by atoms with van der Waals surface area (Å²) in [4.78, 5) is 24.8. The van der Waals surface area contributed by atoms with E-state index in [-0.39, 0.29) is 18.0 Å². The monoisotopic (exact) mass is 425 g/mol. The lowest BCUT2D eigenvalue weighted by Gasteiger charge is -2.30. The smallest absolute Gasteiger partial charge is 0.422 e. The molecule has 1 saturated heterocycles. The quantitative estimate of drug-likeness (QED) is 0.385. The molecule has 1 aromatic rings. The molecule has 0 aliphatic carbocycles. The molecule has 0 spiro atoms. The molecule has 1 unspecified atom stereocenters. The van der Waals surface area contributed by atoms with Crippen molar-refractivity contribution in [3.8, 4) is 5.75 Å². The van der Waals surface area contributed by atoms with Gasteiger partial charge in [0.05, 0.1) is 6.54 Å². The molecule has 1 fully saturated rings. The normalized spacial score (nSPS) is 20.3. The number of halogens is 3. The summed E-state index contributed by atoms with van der Waals surface area (Å²) in [5.41, 5.74) is 1.54. The minimum Gasteiger partial charge on any atom is -0.772 e. The van der Waals surface area contributed by atoms with E-state index in [9.17, 15) is 31.5 Å². The molecule has 3 atom stereocenters. The van der Waals surface area contributed by atoms with Crippen LogP contribution in [0.5, 0.6) is 5.75 Å². The number of hydroxylamine groups is 1. The largest absolute Gasteiger partial charge is 0.772 e. The molecule has 1 aliphatic rings. The highest BCUT2D eigenvalue weighted by Crippen LogP contribution is 2.29. The fraction of sp³-hybridized carbons (Fsp3) is 0.467. The molecule has 0 saturated carbocycles. The van der Waals surface area contributed by atoms with E-state index in [0.29, 0.717) is 0 Å². The van der Waals surface area contributed by atoms with E-state index in [0.717, 1.165) is 11.8 Å². The van der Waals surface area contributed by atoms with Crippen molar-refractivity contribution in [2.75, 3.05) is 18.1 Å². The molecule has 0 bridgehead atoms. The van der Waals surface area contributed by atoms with Crippen molar-refractivity contribution < 1.29 is 46.2 Å². The Hall–Kier alpha value is -2.38. The van der Waals surface area contributed by atoms with Gasteiger partial charge < -0.3 is 14.0 Å². The lowest BCUT2D eigenvalue weighted by molar-refractivity contribution is -0.153. The highest BCUT2D eigenvalue weighted by Gasteiger charge is 2.42. The molecule has 9 nitrogen and oxygen atoms in total. The minimum absolute atomic E-state index is 0.0564. The van der Waals surface area contributed by atoms with Crippen molar-refractivity contribution >= 4 is 28.8 Å². The molecule has 2 rings (SSSR count). The highest BCUT2D eigenvalue weighted by molar-refractivity contribution is 7.81. The molecule has 0 aromatic heterocycles. The van der Waals surface area contributed by atoms with Crippen LogP contribution in [0.25, 0.3) is 0 Å². The van der Waals surface area contributed by atoms with Crippen LogP contribution in [-0.4, -0.2) is 56.1 Å². The number of anilines is 1. The summed E-state index contributed by atoms with van der Waals surface area (Å²) in [6, 6.07) is 5.14. The third-order valence-electron chi connectivity index (χ3n) is 3.99. The SMILES string of the molecule is C[C@@](C[C@H]1CN(c2ccc(OCC(F)(F)F)cc2)C(=O)O1)(C(=O)NO)S(=O)[O-]. The molecule has 2 N–H and O–H groups in total. The molecule has 1 aliphatic heterocycles. The van der Waals surface area contributed by atoms with Crippen LogP contribution < -0.4 is 15.1 Å². The van der Waals surface area contributed by atoms with E-state index in [1.54, 1.807) is 0 Å². The molecule has 1 aromatic carbocycles. The summed E-state index contributed by atoms with van der Waals surface area (Å²) < 4.78 is 66.8. The van der Waals surface area contributed by atoms with Crippen LogP contribution in [0.15, 0.2) is 24.3 Å². The summed E-state index contributed by atoms with van der Waals surface area (Å²) in [7, 11) is 0. The second-order valence-electron chi connectivity index (χ2n) is 6.12. The van der Waals surface area contributed by atoms with Crippen LogP contribution in [0.1, 0.15) is 13.3 Å². The Morgan fingerprint density at radius 1 is 1.43 bits per heavy atom. The number of rotatable bonds is 7. The molecule has 28 heavy (non-hydrogen) atoms. The molecular formula is C15H16F3N2O7S-. The number of carbonyl (C=O) groups excluding carboxylic acids is 2. The Bertz CT molecular complexity index is 759. The molecule has 1 heterocycles. The van der Waals surface area contributed by atoms with Gasteiger partial charge in [0, 0.05) is 12.1 Å². The van der Waals surface area contributed by atoms with Crippen molar-refractivity contribution in [1.29, 1.82) is 0 Å². The number of cyclic esters (lactones) is 1. The van der Waals surface area contributed by atoms with Crippen molar-refractivity contribution in [1.82, 2.24) is 5.48 Å². The second kappa shape index (κ2) is 8.32. The van der Waals surface area contributed by atoms with E-state index in [1.165, 1.54) is 29.7 Å². The zero-order valence-electron chi connectivity index (χ0n) is 14.4. The summed E-state index contributed by atoms with van der Waals surface area (Å²) >= 11 is -2.92. The third-order valence-corrected chi connectivity index (χ3v) is 5.08. The number of nitrogens with one attached hydrogen (secondary N) is 1. The van der Waals surface area contributed by atoms with E-state index in [1.807, 2.05) is 0 Å². The van der Waals surface area contributed by atoms with Crippen molar-refractivity contribution in [3.63, 3.8) is 0 Å². The number of hydrogen-bond donors (Lipinski definition) is 2. The fourth-order valence-electron chi connectivity index (χ4n) is 2.52. The van der Waals surface area contributed by atoms with E-state index >= 15 is 0 Å². The lowest BCUT2D eigenvalue weighted by atomic mass is 10.0. The Morgan fingerprint density at radius 2 is 2.04 bits per heavy atom. The average Bonchev–Trinajstić information content (AvgIpc) is 2.98. The topological polar surface area (TPSA) is 128 Å². The van der Waals surface area contributed by atoms with Gasteiger partial charge in [-0.15, -0.1) is 0 Å². The third kappa shape index (κ3) is 5.11. The second-order valence-corrected chi connectivity index (χ2v) is 7.50. The van der Waals surface area contributed by atoms with Crippen LogP contribution in [-0.2, 0) is 20.6 Å². The number of hydrogen-bond acceptors (Lipinski definition) is 7. The highest BCUT2D eigenvalue weighted by atomic mass is 32.2. The van der Waals surface area contributed by atoms with Crippen LogP contribution in [0.4, 0.5) is 23.7 Å². The average molecular weight is 425 g/mol. The zero-order chi connectivity index (χ0) is 21.1. The number of carbonyl (C=O) groups is 2. The fourth-order valence-corrected chi connectivity index (χ4v) is 3.03. The maximum Gasteiger partial charge on any atom is 0.422 e. The number of amides is 2. The van der Waals surface area contributed by atoms with Crippen LogP contribution in [0, 0.1) is 0 Å². The Balaban J connectivity index is 2.06. The standard InChI is InChI=1S/C15H17F3N2O7S/c1-14(28(24)25,12(21)19-23)6-11-7-20(13(22)27-11)9-2-4-10(5-3-9)26-8-15(16,17)18/h2-5,11,23H,6-8H2,1H3,(H,19,21)(H,24,25)/p-1/t11-,14+/m0/s1. The first-order valence-electron chi connectivity index (χ1n) is 7.78. The summed E-state index contributed by atoms with van der Waals surface area (Å²) in [5.74, 6) is -1.24. The van der Waals surface area contributed by atoms with Crippen LogP contribution in [0.2, 0.25) is 0 Å². The van der Waals surface area contributed by atoms with Gasteiger partial charge in [-0.25, -0.2) is 10.3 Å². The number of ether oxygens (including phenoxy) is 2. The van der Waals surface area contributed by atoms with Gasteiger partial charge in [-0.1, -0.05) is 0 Å². The Morgan fingerprint density at radius 3 is 2.54 bits per heavy atom. The van der Waals surface area contributed by atoms with E-state index < -0.39 is 53.1 Å². The molecule has 156 valence electrons. The predicted octanol–water partition coefficient (Wildman–Crippen LogP) is 1.49. The summed E-state index contributed by atoms with van der Waals surface area (Å²) in [6.07, 6.45) is -6.70. The molecule has 0 radical (unpaired) electrons. The first-order valence-corrected chi connectivity index (χ1v) is 8.85. The first-order chi connectivity index (χ1) is 13.0. The van der Waals surface area contributed by atoms with Crippen molar-refractivity contribution in [2.24, 2.45) is 0 Å². The minimum atomic E-state index is -4.49. The Kier molecular flexibility index (Phi) is 6.52. The van der Waals surface area contributed by atoms with Crippen LogP contribution in [0.3, 0.4) is 0 Å². The molecule has 2 amide bonds. The molecule has 13 heteroatoms.